The van der Waals surface area contributed by atoms with Crippen LogP contribution in [0.3, 0.4) is 0 Å². The Balaban J connectivity index is 3.23. The molecular formula is C11H13NO6. The summed E-state index contributed by atoms with van der Waals surface area (Å²) in [7, 11) is 0. The van der Waals surface area contributed by atoms with Crippen LogP contribution >= 0.6 is 0 Å². The molecule has 0 aliphatic rings. The highest BCUT2D eigenvalue weighted by Gasteiger charge is 2.18. The number of carbonyl (C=O) groups is 2. The van der Waals surface area contributed by atoms with Gasteiger partial charge in [0.05, 0.1) is 0 Å². The Morgan fingerprint density at radius 3 is 2.44 bits per heavy atom. The molecule has 1 aromatic rings. The Bertz CT molecular complexity index is 519. The summed E-state index contributed by atoms with van der Waals surface area (Å²) >= 11 is 0. The molecule has 0 atom stereocenters. The minimum Gasteiger partial charge on any atom is -0.477 e. The second-order valence-corrected chi connectivity index (χ2v) is 3.53. The summed E-state index contributed by atoms with van der Waals surface area (Å²) in [5.74, 6) is -2.79. The summed E-state index contributed by atoms with van der Waals surface area (Å²) in [5, 5.41) is 17.7. The monoisotopic (exact) mass is 255 g/mol. The van der Waals surface area contributed by atoms with Crippen LogP contribution in [0.15, 0.2) is 16.9 Å². The molecule has 0 fully saturated rings. The lowest BCUT2D eigenvalue weighted by molar-refractivity contribution is 0.0546. The number of hydrogen-bond acceptors (Lipinski definition) is 4. The SMILES string of the molecule is CCCCOn1c(C(=O)O)ccc(C(=O)O)c1=O. The zero-order chi connectivity index (χ0) is 13.7. The fourth-order valence-electron chi connectivity index (χ4n) is 1.27. The van der Waals surface area contributed by atoms with Crippen molar-refractivity contribution in [3.8, 4) is 0 Å². The van der Waals surface area contributed by atoms with Gasteiger partial charge in [-0.25, -0.2) is 9.59 Å². The van der Waals surface area contributed by atoms with Gasteiger partial charge in [0, 0.05) is 0 Å². The normalized spacial score (nSPS) is 10.1. The van der Waals surface area contributed by atoms with Crippen LogP contribution in [-0.2, 0) is 0 Å². The zero-order valence-electron chi connectivity index (χ0n) is 9.75. The number of nitrogens with zero attached hydrogens (tertiary/aromatic N) is 1. The molecule has 0 unspecified atom stereocenters. The van der Waals surface area contributed by atoms with Gasteiger partial charge in [-0.05, 0) is 18.6 Å². The molecule has 0 radical (unpaired) electrons. The Labute approximate surface area is 102 Å². The molecule has 0 aliphatic carbocycles. The van der Waals surface area contributed by atoms with E-state index in [4.69, 9.17) is 15.1 Å². The standard InChI is InChI=1S/C11H13NO6/c1-2-3-6-18-12-8(11(16)17)5-4-7(9(12)13)10(14)15/h4-5H,2-3,6H2,1H3,(H,14,15)(H,16,17). The van der Waals surface area contributed by atoms with Gasteiger partial charge in [0.2, 0.25) is 0 Å². The maximum atomic E-state index is 11.7. The van der Waals surface area contributed by atoms with E-state index in [0.717, 1.165) is 18.6 Å². The van der Waals surface area contributed by atoms with E-state index in [2.05, 4.69) is 0 Å². The molecular weight excluding hydrogens is 242 g/mol. The van der Waals surface area contributed by atoms with E-state index in [1.54, 1.807) is 0 Å². The molecule has 7 nitrogen and oxygen atoms in total. The number of aromatic nitrogens is 1. The van der Waals surface area contributed by atoms with E-state index in [1.165, 1.54) is 0 Å². The lowest BCUT2D eigenvalue weighted by Gasteiger charge is -2.11. The minimum absolute atomic E-state index is 0.139. The highest BCUT2D eigenvalue weighted by Crippen LogP contribution is 2.00. The Hall–Kier alpha value is -2.31. The zero-order valence-corrected chi connectivity index (χ0v) is 9.75. The topological polar surface area (TPSA) is 106 Å². The van der Waals surface area contributed by atoms with E-state index in [1.807, 2.05) is 6.92 Å². The molecule has 0 aromatic carbocycles. The van der Waals surface area contributed by atoms with Crippen molar-refractivity contribution in [2.75, 3.05) is 6.61 Å². The van der Waals surface area contributed by atoms with Gasteiger partial charge in [0.1, 0.15) is 12.2 Å². The number of hydrogen-bond donors (Lipinski definition) is 2. The number of carboxylic acids is 2. The second-order valence-electron chi connectivity index (χ2n) is 3.53. The van der Waals surface area contributed by atoms with Gasteiger partial charge in [-0.15, -0.1) is 4.73 Å². The predicted octanol–water partition coefficient (Wildman–Crippen LogP) is 0.473. The summed E-state index contributed by atoms with van der Waals surface area (Å²) in [6, 6.07) is 1.98. The van der Waals surface area contributed by atoms with Crippen LogP contribution in [0.2, 0.25) is 0 Å². The average molecular weight is 255 g/mol. The lowest BCUT2D eigenvalue weighted by atomic mass is 10.2. The number of rotatable bonds is 6. The van der Waals surface area contributed by atoms with Crippen LogP contribution in [0.5, 0.6) is 0 Å². The number of carboxylic acid groups (broad SMARTS) is 2. The number of pyridine rings is 1. The van der Waals surface area contributed by atoms with Crippen LogP contribution in [0.25, 0.3) is 0 Å². The third kappa shape index (κ3) is 2.88. The van der Waals surface area contributed by atoms with Crippen molar-refractivity contribution in [3.63, 3.8) is 0 Å². The first kappa shape index (κ1) is 13.8. The van der Waals surface area contributed by atoms with E-state index in [9.17, 15) is 14.4 Å². The maximum absolute atomic E-state index is 11.7. The largest absolute Gasteiger partial charge is 0.477 e. The molecule has 98 valence electrons. The molecule has 0 saturated carbocycles. The molecule has 0 spiro atoms. The first-order valence-corrected chi connectivity index (χ1v) is 5.35. The summed E-state index contributed by atoms with van der Waals surface area (Å²) in [4.78, 5) is 38.4. The van der Waals surface area contributed by atoms with E-state index >= 15 is 0 Å². The molecule has 18 heavy (non-hydrogen) atoms. The van der Waals surface area contributed by atoms with Crippen molar-refractivity contribution in [2.24, 2.45) is 0 Å². The third-order valence-electron chi connectivity index (χ3n) is 2.21. The third-order valence-corrected chi connectivity index (χ3v) is 2.21. The molecule has 1 heterocycles. The van der Waals surface area contributed by atoms with Crippen molar-refractivity contribution < 1.29 is 24.6 Å². The average Bonchev–Trinajstić information content (AvgIpc) is 2.30. The van der Waals surface area contributed by atoms with Crippen molar-refractivity contribution in [1.82, 2.24) is 4.73 Å². The van der Waals surface area contributed by atoms with Gasteiger partial charge in [0.15, 0.2) is 5.69 Å². The van der Waals surface area contributed by atoms with Crippen LogP contribution in [0.1, 0.15) is 40.6 Å². The number of unbranched alkanes of at least 4 members (excludes halogenated alkanes) is 1. The fourth-order valence-corrected chi connectivity index (χ4v) is 1.27. The second kappa shape index (κ2) is 5.85. The fraction of sp³-hybridized carbons (Fsp3) is 0.364. The highest BCUT2D eigenvalue weighted by molar-refractivity contribution is 5.89. The minimum atomic E-state index is -1.43. The van der Waals surface area contributed by atoms with Gasteiger partial charge in [0.25, 0.3) is 5.56 Å². The van der Waals surface area contributed by atoms with Crippen molar-refractivity contribution in [3.05, 3.63) is 33.7 Å². The Morgan fingerprint density at radius 2 is 1.94 bits per heavy atom. The van der Waals surface area contributed by atoms with Crippen LogP contribution in [-0.4, -0.2) is 33.5 Å². The van der Waals surface area contributed by atoms with E-state index in [-0.39, 0.29) is 6.61 Å². The smallest absolute Gasteiger partial charge is 0.356 e. The quantitative estimate of drug-likeness (QED) is 0.716. The van der Waals surface area contributed by atoms with E-state index < -0.39 is 28.8 Å². The van der Waals surface area contributed by atoms with Crippen molar-refractivity contribution in [1.29, 1.82) is 0 Å². The Morgan fingerprint density at radius 1 is 1.28 bits per heavy atom. The van der Waals surface area contributed by atoms with Gasteiger partial charge in [-0.1, -0.05) is 13.3 Å². The summed E-state index contributed by atoms with van der Waals surface area (Å²) in [5.41, 5.74) is -1.92. The molecule has 0 aliphatic heterocycles. The van der Waals surface area contributed by atoms with Crippen LogP contribution in [0, 0.1) is 0 Å². The molecule has 0 saturated heterocycles. The predicted molar refractivity (Wildman–Crippen MR) is 61.0 cm³/mol. The molecule has 7 heteroatoms. The van der Waals surface area contributed by atoms with Gasteiger partial charge >= 0.3 is 11.9 Å². The van der Waals surface area contributed by atoms with Gasteiger partial charge < -0.3 is 15.1 Å². The summed E-state index contributed by atoms with van der Waals surface area (Å²) in [6.45, 7) is 2.04. The van der Waals surface area contributed by atoms with Crippen molar-refractivity contribution in [2.45, 2.75) is 19.8 Å². The summed E-state index contributed by atoms with van der Waals surface area (Å²) < 4.78 is 0.515. The lowest BCUT2D eigenvalue weighted by Crippen LogP contribution is -2.35. The maximum Gasteiger partial charge on any atom is 0.356 e. The molecule has 1 aromatic heterocycles. The molecule has 2 N–H and O–H groups in total. The van der Waals surface area contributed by atoms with Gasteiger partial charge in [-0.2, -0.15) is 0 Å². The number of aromatic carboxylic acids is 2. The van der Waals surface area contributed by atoms with Crippen LogP contribution < -0.4 is 10.4 Å². The highest BCUT2D eigenvalue weighted by atomic mass is 16.7. The molecule has 0 amide bonds. The van der Waals surface area contributed by atoms with Crippen LogP contribution in [0.4, 0.5) is 0 Å². The van der Waals surface area contributed by atoms with E-state index in [0.29, 0.717) is 11.2 Å². The first-order chi connectivity index (χ1) is 8.49. The van der Waals surface area contributed by atoms with Gasteiger partial charge in [-0.3, -0.25) is 4.79 Å². The molecule has 1 rings (SSSR count). The van der Waals surface area contributed by atoms with Crippen molar-refractivity contribution >= 4 is 11.9 Å². The summed E-state index contributed by atoms with van der Waals surface area (Å²) in [6.07, 6.45) is 1.43. The first-order valence-electron chi connectivity index (χ1n) is 5.35. The Kier molecular flexibility index (Phi) is 4.47. The molecule has 0 bridgehead atoms.